The SMILES string of the molecule is C=CC(=O)OCCOC1CCC(C#CC2CCC(C#CC3CCC(C#N)CC3)NC2)CC1. The second-order valence-corrected chi connectivity index (χ2v) is 9.21. The molecule has 2 aliphatic carbocycles. The van der Waals surface area contributed by atoms with E-state index in [1.54, 1.807) is 0 Å². The Morgan fingerprint density at radius 2 is 1.44 bits per heavy atom. The maximum atomic E-state index is 11.0. The van der Waals surface area contributed by atoms with E-state index < -0.39 is 5.97 Å². The number of piperidine rings is 1. The predicted molar refractivity (Wildman–Crippen MR) is 124 cm³/mol. The van der Waals surface area contributed by atoms with Gasteiger partial charge in [-0.3, -0.25) is 0 Å². The quantitative estimate of drug-likeness (QED) is 0.305. The van der Waals surface area contributed by atoms with Crippen molar-refractivity contribution in [2.45, 2.75) is 76.4 Å². The topological polar surface area (TPSA) is 71.3 Å². The summed E-state index contributed by atoms with van der Waals surface area (Å²) in [6, 6.07) is 2.68. The largest absolute Gasteiger partial charge is 0.460 e. The maximum Gasteiger partial charge on any atom is 0.330 e. The summed E-state index contributed by atoms with van der Waals surface area (Å²) in [6.07, 6.45) is 11.9. The third-order valence-electron chi connectivity index (χ3n) is 6.80. The van der Waals surface area contributed by atoms with Gasteiger partial charge in [0, 0.05) is 36.3 Å². The molecule has 172 valence electrons. The molecule has 0 aromatic rings. The molecule has 5 nitrogen and oxygen atoms in total. The van der Waals surface area contributed by atoms with E-state index in [2.05, 4.69) is 41.6 Å². The van der Waals surface area contributed by atoms with Gasteiger partial charge < -0.3 is 14.8 Å². The Labute approximate surface area is 193 Å². The minimum Gasteiger partial charge on any atom is -0.460 e. The first kappa shape index (κ1) is 24.4. The molecular weight excluding hydrogens is 400 g/mol. The molecule has 0 amide bonds. The number of ether oxygens (including phenoxy) is 2. The van der Waals surface area contributed by atoms with Gasteiger partial charge in [0.25, 0.3) is 0 Å². The van der Waals surface area contributed by atoms with Crippen molar-refractivity contribution in [3.8, 4) is 29.8 Å². The Balaban J connectivity index is 1.29. The third kappa shape index (κ3) is 8.35. The van der Waals surface area contributed by atoms with Gasteiger partial charge in [0.2, 0.25) is 0 Å². The van der Waals surface area contributed by atoms with Crippen LogP contribution in [0.4, 0.5) is 0 Å². The molecule has 0 aromatic carbocycles. The summed E-state index contributed by atoms with van der Waals surface area (Å²) in [4.78, 5) is 11.0. The van der Waals surface area contributed by atoms with Crippen molar-refractivity contribution in [1.82, 2.24) is 5.32 Å². The lowest BCUT2D eigenvalue weighted by atomic mass is 9.83. The molecule has 3 rings (SSSR count). The predicted octanol–water partition coefficient (Wildman–Crippen LogP) is 4.00. The third-order valence-corrected chi connectivity index (χ3v) is 6.80. The highest BCUT2D eigenvalue weighted by atomic mass is 16.6. The highest BCUT2D eigenvalue weighted by Gasteiger charge is 2.22. The van der Waals surface area contributed by atoms with E-state index in [9.17, 15) is 4.79 Å². The number of rotatable bonds is 5. The van der Waals surface area contributed by atoms with Crippen molar-refractivity contribution in [1.29, 1.82) is 5.26 Å². The Kier molecular flexibility index (Phi) is 10.2. The fourth-order valence-electron chi connectivity index (χ4n) is 4.71. The van der Waals surface area contributed by atoms with E-state index >= 15 is 0 Å². The summed E-state index contributed by atoms with van der Waals surface area (Å²) >= 11 is 0. The second-order valence-electron chi connectivity index (χ2n) is 9.21. The van der Waals surface area contributed by atoms with Gasteiger partial charge in [0.1, 0.15) is 6.61 Å². The number of nitrogens with one attached hydrogen (secondary N) is 1. The molecule has 5 heteroatoms. The zero-order valence-electron chi connectivity index (χ0n) is 19.1. The average Bonchev–Trinajstić information content (AvgIpc) is 2.85. The van der Waals surface area contributed by atoms with Crippen LogP contribution >= 0.6 is 0 Å². The lowest BCUT2D eigenvalue weighted by molar-refractivity contribution is -0.140. The average molecular weight is 437 g/mol. The Morgan fingerprint density at radius 3 is 2.06 bits per heavy atom. The van der Waals surface area contributed by atoms with Crippen LogP contribution in [0, 0.1) is 58.7 Å². The fraction of sp³-hybridized carbons (Fsp3) is 0.704. The van der Waals surface area contributed by atoms with Gasteiger partial charge in [-0.05, 0) is 64.2 Å². The summed E-state index contributed by atoms with van der Waals surface area (Å²) < 4.78 is 10.8. The summed E-state index contributed by atoms with van der Waals surface area (Å²) in [6.45, 7) is 5.03. The molecular formula is C27H36N2O3. The first-order chi connectivity index (χ1) is 15.7. The molecule has 2 saturated carbocycles. The number of carbonyl (C=O) groups is 1. The molecule has 1 aliphatic heterocycles. The number of nitriles is 1. The van der Waals surface area contributed by atoms with Gasteiger partial charge in [-0.15, -0.1) is 0 Å². The molecule has 1 heterocycles. The van der Waals surface area contributed by atoms with Crippen LogP contribution in [0.5, 0.6) is 0 Å². The molecule has 2 atom stereocenters. The first-order valence-corrected chi connectivity index (χ1v) is 12.2. The normalized spacial score (nSPS) is 32.2. The molecule has 0 aromatic heterocycles. The van der Waals surface area contributed by atoms with Crippen LogP contribution in [0.15, 0.2) is 12.7 Å². The highest BCUT2D eigenvalue weighted by molar-refractivity contribution is 5.81. The molecule has 3 fully saturated rings. The molecule has 1 saturated heterocycles. The summed E-state index contributed by atoms with van der Waals surface area (Å²) in [5.41, 5.74) is 0. The van der Waals surface area contributed by atoms with Crippen molar-refractivity contribution < 1.29 is 14.3 Å². The zero-order valence-corrected chi connectivity index (χ0v) is 19.1. The van der Waals surface area contributed by atoms with E-state index in [1.807, 2.05) is 0 Å². The number of carbonyl (C=O) groups excluding carboxylic acids is 1. The minimum absolute atomic E-state index is 0.247. The first-order valence-electron chi connectivity index (χ1n) is 12.2. The highest BCUT2D eigenvalue weighted by Crippen LogP contribution is 2.28. The van der Waals surface area contributed by atoms with E-state index in [0.717, 1.165) is 70.8 Å². The molecule has 0 radical (unpaired) electrons. The Bertz CT molecular complexity index is 770. The van der Waals surface area contributed by atoms with Crippen LogP contribution in [-0.4, -0.2) is 37.9 Å². The summed E-state index contributed by atoms with van der Waals surface area (Å²) in [5.74, 6) is 15.2. The van der Waals surface area contributed by atoms with E-state index in [0.29, 0.717) is 30.4 Å². The molecule has 0 bridgehead atoms. The molecule has 2 unspecified atom stereocenters. The number of hydrogen-bond acceptors (Lipinski definition) is 5. The number of nitrogens with zero attached hydrogens (tertiary/aromatic N) is 1. The Hall–Kier alpha value is -2.26. The van der Waals surface area contributed by atoms with Crippen molar-refractivity contribution >= 4 is 5.97 Å². The van der Waals surface area contributed by atoms with E-state index in [4.69, 9.17) is 14.7 Å². The number of hydrogen-bond donors (Lipinski definition) is 1. The van der Waals surface area contributed by atoms with Crippen molar-refractivity contribution in [3.05, 3.63) is 12.7 Å². The monoisotopic (exact) mass is 436 g/mol. The van der Waals surface area contributed by atoms with Gasteiger partial charge in [-0.1, -0.05) is 30.3 Å². The lowest BCUT2D eigenvalue weighted by Crippen LogP contribution is -2.37. The standard InChI is InChI=1S/C27H36N2O3/c1-2-27(30)32-18-17-31-26-15-11-22(12-16-26)5-8-24-10-14-25(29-20-24)13-9-21-3-6-23(19-28)7-4-21/h2,21-26,29H,1,3-4,6-7,10-12,14-18,20H2. The van der Waals surface area contributed by atoms with Gasteiger partial charge in [-0.2, -0.15) is 5.26 Å². The lowest BCUT2D eigenvalue weighted by Gasteiger charge is -2.26. The van der Waals surface area contributed by atoms with Gasteiger partial charge in [-0.25, -0.2) is 4.79 Å². The number of esters is 1. The van der Waals surface area contributed by atoms with Crippen molar-refractivity contribution in [3.63, 3.8) is 0 Å². The molecule has 32 heavy (non-hydrogen) atoms. The van der Waals surface area contributed by atoms with Gasteiger partial charge in [0.15, 0.2) is 0 Å². The fourth-order valence-corrected chi connectivity index (χ4v) is 4.71. The van der Waals surface area contributed by atoms with Gasteiger partial charge >= 0.3 is 5.97 Å². The maximum absolute atomic E-state index is 11.0. The summed E-state index contributed by atoms with van der Waals surface area (Å²) in [7, 11) is 0. The van der Waals surface area contributed by atoms with E-state index in [-0.39, 0.29) is 18.6 Å². The Morgan fingerprint density at radius 1 is 0.844 bits per heavy atom. The van der Waals surface area contributed by atoms with Crippen LogP contribution in [0.3, 0.4) is 0 Å². The van der Waals surface area contributed by atoms with Crippen LogP contribution in [-0.2, 0) is 14.3 Å². The van der Waals surface area contributed by atoms with Gasteiger partial charge in [0.05, 0.1) is 24.8 Å². The zero-order chi connectivity index (χ0) is 22.6. The summed E-state index contributed by atoms with van der Waals surface area (Å²) in [5, 5.41) is 12.6. The van der Waals surface area contributed by atoms with Crippen LogP contribution in [0.25, 0.3) is 0 Å². The van der Waals surface area contributed by atoms with Crippen molar-refractivity contribution in [2.75, 3.05) is 19.8 Å². The smallest absolute Gasteiger partial charge is 0.330 e. The van der Waals surface area contributed by atoms with Crippen LogP contribution in [0.2, 0.25) is 0 Å². The minimum atomic E-state index is -0.401. The van der Waals surface area contributed by atoms with Crippen LogP contribution < -0.4 is 5.32 Å². The van der Waals surface area contributed by atoms with Crippen LogP contribution in [0.1, 0.15) is 64.2 Å². The molecule has 0 spiro atoms. The van der Waals surface area contributed by atoms with Crippen molar-refractivity contribution in [2.24, 2.45) is 23.7 Å². The second kappa shape index (κ2) is 13.3. The molecule has 1 N–H and O–H groups in total. The molecule has 3 aliphatic rings. The van der Waals surface area contributed by atoms with E-state index in [1.165, 1.54) is 6.08 Å².